The fourth-order valence-electron chi connectivity index (χ4n) is 5.53. The van der Waals surface area contributed by atoms with Gasteiger partial charge >= 0.3 is 0 Å². The van der Waals surface area contributed by atoms with Crippen LogP contribution in [0.4, 0.5) is 0 Å². The molecule has 4 heteroatoms. The van der Waals surface area contributed by atoms with Gasteiger partial charge in [0.1, 0.15) is 0 Å². The number of hydrogen-bond donors (Lipinski definition) is 1. The van der Waals surface area contributed by atoms with E-state index in [1.54, 1.807) is 0 Å². The quantitative estimate of drug-likeness (QED) is 0.718. The standard InChI is InChI=1S/C26H27N3O/c1-17-10-11-29(17)26(30)20-12-22-21-8-5-9-23-25(21)19(14-27-23)13-24(22)28(16-20)15-18-6-3-2-4-7-18/h2-9,12,14,17,20,24,27H,10-11,13,15-16H2,1H3. The van der Waals surface area contributed by atoms with Gasteiger partial charge in [0.05, 0.1) is 5.92 Å². The van der Waals surface area contributed by atoms with E-state index in [0.717, 1.165) is 32.5 Å². The van der Waals surface area contributed by atoms with Crippen LogP contribution in [0, 0.1) is 5.92 Å². The Balaban J connectivity index is 1.43. The predicted octanol–water partition coefficient (Wildman–Crippen LogP) is 4.23. The van der Waals surface area contributed by atoms with Crippen LogP contribution >= 0.6 is 0 Å². The molecule has 3 aromatic rings. The Hall–Kier alpha value is -2.85. The maximum Gasteiger partial charge on any atom is 0.231 e. The number of nitrogens with zero attached hydrogens (tertiary/aromatic N) is 2. The number of H-pyrrole nitrogens is 1. The lowest BCUT2D eigenvalue weighted by atomic mass is 9.79. The first-order valence-corrected chi connectivity index (χ1v) is 11.1. The molecule has 1 amide bonds. The number of carbonyl (C=O) groups is 1. The van der Waals surface area contributed by atoms with Crippen molar-refractivity contribution in [2.75, 3.05) is 13.1 Å². The highest BCUT2D eigenvalue weighted by Gasteiger charge is 2.40. The van der Waals surface area contributed by atoms with Crippen LogP contribution in [0.3, 0.4) is 0 Å². The molecular formula is C26H27N3O. The van der Waals surface area contributed by atoms with Crippen LogP contribution in [0.15, 0.2) is 60.8 Å². The largest absolute Gasteiger partial charge is 0.361 e. The molecule has 2 aromatic carbocycles. The van der Waals surface area contributed by atoms with E-state index < -0.39 is 0 Å². The van der Waals surface area contributed by atoms with Gasteiger partial charge in [-0.15, -0.1) is 0 Å². The van der Waals surface area contributed by atoms with E-state index in [1.807, 2.05) is 0 Å². The topological polar surface area (TPSA) is 39.3 Å². The van der Waals surface area contributed by atoms with Gasteiger partial charge in [-0.05, 0) is 48.1 Å². The van der Waals surface area contributed by atoms with Crippen molar-refractivity contribution >= 4 is 22.4 Å². The Morgan fingerprint density at radius 1 is 1.13 bits per heavy atom. The minimum Gasteiger partial charge on any atom is -0.361 e. The Morgan fingerprint density at radius 3 is 2.77 bits per heavy atom. The molecular weight excluding hydrogens is 370 g/mol. The van der Waals surface area contributed by atoms with Crippen LogP contribution in [0.1, 0.15) is 30.0 Å². The van der Waals surface area contributed by atoms with Crippen molar-refractivity contribution in [2.45, 2.75) is 38.4 Å². The molecule has 1 saturated heterocycles. The van der Waals surface area contributed by atoms with Gasteiger partial charge in [0.25, 0.3) is 0 Å². The second-order valence-corrected chi connectivity index (χ2v) is 9.07. The van der Waals surface area contributed by atoms with Crippen LogP contribution in [0.25, 0.3) is 16.5 Å². The van der Waals surface area contributed by atoms with Crippen molar-refractivity contribution in [1.29, 1.82) is 0 Å². The Bertz CT molecular complexity index is 1150. The average molecular weight is 398 g/mol. The number of aromatic nitrogens is 1. The van der Waals surface area contributed by atoms with Gasteiger partial charge in [0.15, 0.2) is 0 Å². The zero-order valence-electron chi connectivity index (χ0n) is 17.3. The molecule has 2 aliphatic heterocycles. The molecule has 6 rings (SSSR count). The maximum absolute atomic E-state index is 13.3. The monoisotopic (exact) mass is 397 g/mol. The number of nitrogens with one attached hydrogen (secondary N) is 1. The van der Waals surface area contributed by atoms with E-state index in [2.05, 4.69) is 82.5 Å². The van der Waals surface area contributed by atoms with Crippen LogP contribution in [0.2, 0.25) is 0 Å². The molecule has 4 nitrogen and oxygen atoms in total. The number of rotatable bonds is 3. The normalized spacial score (nSPS) is 25.6. The van der Waals surface area contributed by atoms with E-state index in [0.29, 0.717) is 18.0 Å². The third kappa shape index (κ3) is 2.74. The van der Waals surface area contributed by atoms with Crippen molar-refractivity contribution in [2.24, 2.45) is 5.92 Å². The van der Waals surface area contributed by atoms with Crippen LogP contribution in [0.5, 0.6) is 0 Å². The van der Waals surface area contributed by atoms with Crippen molar-refractivity contribution in [3.05, 3.63) is 77.5 Å². The fraction of sp³-hybridized carbons (Fsp3) is 0.346. The number of benzene rings is 2. The number of amides is 1. The number of aromatic amines is 1. The minimum absolute atomic E-state index is 0.0709. The van der Waals surface area contributed by atoms with Crippen LogP contribution < -0.4 is 0 Å². The molecule has 0 bridgehead atoms. The summed E-state index contributed by atoms with van der Waals surface area (Å²) in [4.78, 5) is 21.4. The summed E-state index contributed by atoms with van der Waals surface area (Å²) >= 11 is 0. The predicted molar refractivity (Wildman–Crippen MR) is 120 cm³/mol. The number of likely N-dealkylation sites (tertiary alicyclic amines) is 1. The SMILES string of the molecule is CC1CCN1C(=O)C1C=C2c3cccc4[nH]cc(c34)CC2N(Cc2ccccc2)C1. The molecule has 0 spiro atoms. The van der Waals surface area contributed by atoms with Crippen molar-refractivity contribution in [1.82, 2.24) is 14.8 Å². The van der Waals surface area contributed by atoms with E-state index in [9.17, 15) is 4.79 Å². The summed E-state index contributed by atoms with van der Waals surface area (Å²) in [6.45, 7) is 4.73. The van der Waals surface area contributed by atoms with Gasteiger partial charge < -0.3 is 9.88 Å². The Morgan fingerprint density at radius 2 is 2.00 bits per heavy atom. The zero-order valence-corrected chi connectivity index (χ0v) is 17.3. The van der Waals surface area contributed by atoms with Crippen molar-refractivity contribution in [3.8, 4) is 0 Å². The first kappa shape index (κ1) is 18.0. The van der Waals surface area contributed by atoms with E-state index in [4.69, 9.17) is 0 Å². The molecule has 152 valence electrons. The average Bonchev–Trinajstić information content (AvgIpc) is 3.18. The molecule has 1 aromatic heterocycles. The third-order valence-electron chi connectivity index (χ3n) is 7.27. The Labute approximate surface area is 177 Å². The molecule has 1 fully saturated rings. The van der Waals surface area contributed by atoms with Gasteiger partial charge in [0, 0.05) is 48.8 Å². The lowest BCUT2D eigenvalue weighted by molar-refractivity contribution is -0.142. The molecule has 1 aliphatic carbocycles. The number of carbonyl (C=O) groups excluding carboxylic acids is 1. The highest BCUT2D eigenvalue weighted by molar-refractivity contribution is 5.99. The number of fused-ring (bicyclic) bond motifs is 2. The summed E-state index contributed by atoms with van der Waals surface area (Å²) in [5, 5.41) is 1.34. The molecule has 0 saturated carbocycles. The van der Waals surface area contributed by atoms with E-state index >= 15 is 0 Å². The van der Waals surface area contributed by atoms with Crippen molar-refractivity contribution < 1.29 is 4.79 Å². The minimum atomic E-state index is -0.0709. The maximum atomic E-state index is 13.3. The molecule has 3 aliphatic rings. The molecule has 1 N–H and O–H groups in total. The fourth-order valence-corrected chi connectivity index (χ4v) is 5.53. The second kappa shape index (κ2) is 6.85. The van der Waals surface area contributed by atoms with Gasteiger partial charge in [-0.1, -0.05) is 48.5 Å². The Kier molecular flexibility index (Phi) is 4.10. The molecule has 3 atom stereocenters. The molecule has 3 heterocycles. The van der Waals surface area contributed by atoms with Gasteiger partial charge in [-0.2, -0.15) is 0 Å². The second-order valence-electron chi connectivity index (χ2n) is 9.07. The van der Waals surface area contributed by atoms with Crippen LogP contribution in [-0.2, 0) is 17.8 Å². The summed E-state index contributed by atoms with van der Waals surface area (Å²) in [5.74, 6) is 0.225. The van der Waals surface area contributed by atoms with Gasteiger partial charge in [0.2, 0.25) is 5.91 Å². The van der Waals surface area contributed by atoms with E-state index in [-0.39, 0.29) is 5.92 Å². The van der Waals surface area contributed by atoms with Crippen LogP contribution in [-0.4, -0.2) is 45.9 Å². The number of hydrogen-bond acceptors (Lipinski definition) is 2. The lowest BCUT2D eigenvalue weighted by Crippen LogP contribution is -2.55. The first-order valence-electron chi connectivity index (χ1n) is 11.1. The summed E-state index contributed by atoms with van der Waals surface area (Å²) in [5.41, 5.74) is 6.53. The van der Waals surface area contributed by atoms with E-state index in [1.165, 1.54) is 33.2 Å². The third-order valence-corrected chi connectivity index (χ3v) is 7.27. The zero-order chi connectivity index (χ0) is 20.2. The summed E-state index contributed by atoms with van der Waals surface area (Å²) in [6, 6.07) is 17.9. The van der Waals surface area contributed by atoms with Gasteiger partial charge in [-0.25, -0.2) is 0 Å². The molecule has 0 radical (unpaired) electrons. The summed E-state index contributed by atoms with van der Waals surface area (Å²) < 4.78 is 0. The lowest BCUT2D eigenvalue weighted by Gasteiger charge is -2.45. The summed E-state index contributed by atoms with van der Waals surface area (Å²) in [7, 11) is 0. The smallest absolute Gasteiger partial charge is 0.231 e. The summed E-state index contributed by atoms with van der Waals surface area (Å²) in [6.07, 6.45) is 6.59. The highest BCUT2D eigenvalue weighted by atomic mass is 16.2. The molecule has 30 heavy (non-hydrogen) atoms. The van der Waals surface area contributed by atoms with Gasteiger partial charge in [-0.3, -0.25) is 9.69 Å². The van der Waals surface area contributed by atoms with Crippen molar-refractivity contribution in [3.63, 3.8) is 0 Å². The highest BCUT2D eigenvalue weighted by Crippen LogP contribution is 2.42. The first-order chi connectivity index (χ1) is 14.7. The molecule has 3 unspecified atom stereocenters.